The molecular weight excluding hydrogens is 510 g/mol. The molecule has 13 nitrogen and oxygen atoms in total. The number of nitrogens with zero attached hydrogens (tertiary/aromatic N) is 3. The number of hydrazone groups is 1. The Bertz CT molecular complexity index is 1460. The second kappa shape index (κ2) is 11.1. The summed E-state index contributed by atoms with van der Waals surface area (Å²) in [5.41, 5.74) is 2.60. The van der Waals surface area contributed by atoms with Gasteiger partial charge in [0.05, 0.1) is 41.4 Å². The summed E-state index contributed by atoms with van der Waals surface area (Å²) in [6.07, 6.45) is 0. The summed E-state index contributed by atoms with van der Waals surface area (Å²) in [6, 6.07) is 10.5. The van der Waals surface area contributed by atoms with E-state index in [1.54, 1.807) is 13.8 Å². The zero-order valence-corrected chi connectivity index (χ0v) is 22.1. The van der Waals surface area contributed by atoms with E-state index in [-0.39, 0.29) is 22.5 Å². The van der Waals surface area contributed by atoms with Crippen molar-refractivity contribution in [1.29, 1.82) is 0 Å². The van der Waals surface area contributed by atoms with Crippen LogP contribution in [0.4, 0.5) is 17.1 Å². The minimum absolute atomic E-state index is 0.0446. The van der Waals surface area contributed by atoms with Gasteiger partial charge in [0.2, 0.25) is 0 Å². The van der Waals surface area contributed by atoms with Crippen LogP contribution in [0.25, 0.3) is 5.57 Å². The predicted molar refractivity (Wildman–Crippen MR) is 143 cm³/mol. The first-order chi connectivity index (χ1) is 18.4. The quantitative estimate of drug-likeness (QED) is 0.216. The molecule has 2 aromatic rings. The minimum Gasteiger partial charge on any atom is -0.467 e. The number of esters is 2. The highest BCUT2D eigenvalue weighted by molar-refractivity contribution is 6.19. The third kappa shape index (κ3) is 5.19. The van der Waals surface area contributed by atoms with Gasteiger partial charge in [-0.15, -0.1) is 0 Å². The Morgan fingerprint density at radius 3 is 2.15 bits per heavy atom. The molecule has 0 radical (unpaired) electrons. The molecule has 0 aromatic heterocycles. The van der Waals surface area contributed by atoms with Crippen molar-refractivity contribution in [3.05, 3.63) is 90.7 Å². The number of anilines is 1. The van der Waals surface area contributed by atoms with Gasteiger partial charge in [0.1, 0.15) is 5.69 Å². The van der Waals surface area contributed by atoms with Crippen molar-refractivity contribution < 1.29 is 28.9 Å². The van der Waals surface area contributed by atoms with Crippen molar-refractivity contribution in [3.8, 4) is 0 Å². The molecule has 0 amide bonds. The number of methoxy groups -OCH3 is 2. The third-order valence-electron chi connectivity index (χ3n) is 6.43. The first kappa shape index (κ1) is 28.5. The van der Waals surface area contributed by atoms with Gasteiger partial charge in [-0.05, 0) is 44.9 Å². The number of nitro groups is 2. The van der Waals surface area contributed by atoms with Crippen molar-refractivity contribution in [2.45, 2.75) is 33.2 Å². The van der Waals surface area contributed by atoms with Gasteiger partial charge in [0.15, 0.2) is 5.54 Å². The van der Waals surface area contributed by atoms with Gasteiger partial charge in [-0.1, -0.05) is 29.8 Å². The number of carbonyl (C=O) groups excluding carboxylic acids is 2. The Morgan fingerprint density at radius 2 is 1.62 bits per heavy atom. The van der Waals surface area contributed by atoms with Gasteiger partial charge in [-0.2, -0.15) is 5.10 Å². The monoisotopic (exact) mass is 537 g/mol. The number of benzene rings is 2. The molecular formula is C26H27N5O8. The van der Waals surface area contributed by atoms with Crippen molar-refractivity contribution in [1.82, 2.24) is 5.32 Å². The van der Waals surface area contributed by atoms with Gasteiger partial charge in [-0.25, -0.2) is 9.59 Å². The first-order valence-corrected chi connectivity index (χ1v) is 11.6. The van der Waals surface area contributed by atoms with E-state index in [1.807, 2.05) is 31.2 Å². The summed E-state index contributed by atoms with van der Waals surface area (Å²) in [7, 11) is 2.40. The number of carbonyl (C=O) groups is 2. The van der Waals surface area contributed by atoms with Crippen LogP contribution in [0.5, 0.6) is 0 Å². The number of non-ortho nitro benzene ring substituents is 1. The summed E-state index contributed by atoms with van der Waals surface area (Å²) in [5.74, 6) is -1.49. The number of nitro benzene ring substituents is 2. The molecule has 0 unspecified atom stereocenters. The van der Waals surface area contributed by atoms with Crippen LogP contribution in [-0.4, -0.2) is 47.3 Å². The standard InChI is InChI=1S/C26H27N5O8/c1-14-7-9-18(10-8-14)23-16(3)27-26(25(33)39-6,15(2)22(23)24(32)38-5)17(4)28-29-20-12-11-19(30(34)35)13-21(20)31(36)37/h7-13,27,29H,1-6H3/b28-17-/t26-/m0/s1. The SMILES string of the molecule is COC(=O)C1=C(C)[C@@](C(=O)OC)(/C(C)=N\Nc2ccc([N+](=O)[O-])cc2[N+](=O)[O-])NC(C)=C1c1ccc(C)cc1. The average molecular weight is 538 g/mol. The van der Waals surface area contributed by atoms with Gasteiger partial charge in [0, 0.05) is 17.3 Å². The largest absolute Gasteiger partial charge is 0.467 e. The van der Waals surface area contributed by atoms with Crippen LogP contribution < -0.4 is 10.7 Å². The molecule has 0 saturated heterocycles. The van der Waals surface area contributed by atoms with Crippen molar-refractivity contribution >= 4 is 40.3 Å². The van der Waals surface area contributed by atoms with Crippen molar-refractivity contribution in [2.75, 3.05) is 19.6 Å². The predicted octanol–water partition coefficient (Wildman–Crippen LogP) is 4.03. The summed E-state index contributed by atoms with van der Waals surface area (Å²) in [6.45, 7) is 6.64. The zero-order valence-electron chi connectivity index (χ0n) is 22.1. The summed E-state index contributed by atoms with van der Waals surface area (Å²) in [5, 5.41) is 30.0. The molecule has 204 valence electrons. The van der Waals surface area contributed by atoms with Crippen LogP contribution in [0.2, 0.25) is 0 Å². The van der Waals surface area contributed by atoms with Gasteiger partial charge < -0.3 is 14.8 Å². The average Bonchev–Trinajstić information content (AvgIpc) is 2.91. The Morgan fingerprint density at radius 1 is 0.974 bits per heavy atom. The van der Waals surface area contributed by atoms with Crippen LogP contribution in [0, 0.1) is 27.2 Å². The lowest BCUT2D eigenvalue weighted by molar-refractivity contribution is -0.393. The summed E-state index contributed by atoms with van der Waals surface area (Å²) >= 11 is 0. The number of ether oxygens (including phenoxy) is 2. The van der Waals surface area contributed by atoms with Crippen LogP contribution >= 0.6 is 0 Å². The number of aryl methyl sites for hydroxylation is 1. The lowest BCUT2D eigenvalue weighted by Gasteiger charge is -2.39. The van der Waals surface area contributed by atoms with Gasteiger partial charge in [0.25, 0.3) is 5.69 Å². The molecule has 1 aliphatic rings. The Labute approximate surface area is 223 Å². The number of nitrogens with one attached hydrogen (secondary N) is 2. The number of hydrogen-bond donors (Lipinski definition) is 2. The van der Waals surface area contributed by atoms with Crippen LogP contribution in [0.3, 0.4) is 0 Å². The lowest BCUT2D eigenvalue weighted by Crippen LogP contribution is -2.60. The molecule has 2 N–H and O–H groups in total. The first-order valence-electron chi connectivity index (χ1n) is 11.6. The maximum Gasteiger partial charge on any atom is 0.342 e. The number of dihydropyridines is 1. The highest BCUT2D eigenvalue weighted by atomic mass is 16.6. The molecule has 1 heterocycles. The molecule has 0 fully saturated rings. The summed E-state index contributed by atoms with van der Waals surface area (Å²) in [4.78, 5) is 47.5. The Hall–Kier alpha value is -5.07. The smallest absolute Gasteiger partial charge is 0.342 e. The highest BCUT2D eigenvalue weighted by Gasteiger charge is 2.50. The van der Waals surface area contributed by atoms with Gasteiger partial charge >= 0.3 is 17.6 Å². The van der Waals surface area contributed by atoms with Crippen LogP contribution in [0.15, 0.2) is 64.4 Å². The molecule has 39 heavy (non-hydrogen) atoms. The van der Waals surface area contributed by atoms with E-state index in [4.69, 9.17) is 9.47 Å². The Balaban J connectivity index is 2.20. The molecule has 13 heteroatoms. The molecule has 0 spiro atoms. The normalized spacial score (nSPS) is 17.3. The number of allylic oxidation sites excluding steroid dienone is 1. The van der Waals surface area contributed by atoms with Crippen molar-refractivity contribution in [2.24, 2.45) is 5.10 Å². The van der Waals surface area contributed by atoms with Crippen LogP contribution in [0.1, 0.15) is 31.9 Å². The van der Waals surface area contributed by atoms with E-state index in [2.05, 4.69) is 15.8 Å². The molecule has 0 saturated carbocycles. The summed E-state index contributed by atoms with van der Waals surface area (Å²) < 4.78 is 10.2. The molecule has 0 aliphatic carbocycles. The maximum absolute atomic E-state index is 13.4. The number of rotatable bonds is 8. The van der Waals surface area contributed by atoms with E-state index in [0.717, 1.165) is 23.8 Å². The molecule has 0 bridgehead atoms. The maximum atomic E-state index is 13.4. The topological polar surface area (TPSA) is 175 Å². The second-order valence-corrected chi connectivity index (χ2v) is 8.75. The molecule has 2 aromatic carbocycles. The third-order valence-corrected chi connectivity index (χ3v) is 6.43. The number of hydrogen-bond acceptors (Lipinski definition) is 11. The van der Waals surface area contributed by atoms with E-state index < -0.39 is 38.7 Å². The second-order valence-electron chi connectivity index (χ2n) is 8.75. The lowest BCUT2D eigenvalue weighted by atomic mass is 9.76. The van der Waals surface area contributed by atoms with Crippen LogP contribution in [-0.2, 0) is 19.1 Å². The molecule has 1 aliphatic heterocycles. The van der Waals surface area contributed by atoms with E-state index in [0.29, 0.717) is 16.8 Å². The van der Waals surface area contributed by atoms with Crippen molar-refractivity contribution in [3.63, 3.8) is 0 Å². The zero-order chi connectivity index (χ0) is 29.1. The fraction of sp³-hybridized carbons (Fsp3) is 0.269. The van der Waals surface area contributed by atoms with Gasteiger partial charge in [-0.3, -0.25) is 25.7 Å². The highest BCUT2D eigenvalue weighted by Crippen LogP contribution is 2.40. The van der Waals surface area contributed by atoms with E-state index >= 15 is 0 Å². The minimum atomic E-state index is -1.79. The fourth-order valence-corrected chi connectivity index (χ4v) is 4.41. The van der Waals surface area contributed by atoms with E-state index in [9.17, 15) is 29.8 Å². The molecule has 1 atom stereocenters. The fourth-order valence-electron chi connectivity index (χ4n) is 4.41. The molecule has 3 rings (SSSR count). The Kier molecular flexibility index (Phi) is 8.13. The van der Waals surface area contributed by atoms with E-state index in [1.165, 1.54) is 21.1 Å².